The number of amides is 2. The highest BCUT2D eigenvalue weighted by Gasteiger charge is 2.37. The summed E-state index contributed by atoms with van der Waals surface area (Å²) in [6.07, 6.45) is 0. The van der Waals surface area contributed by atoms with E-state index < -0.39 is 5.54 Å². The van der Waals surface area contributed by atoms with Crippen molar-refractivity contribution < 1.29 is 19.1 Å². The molecule has 2 aliphatic heterocycles. The van der Waals surface area contributed by atoms with Crippen molar-refractivity contribution >= 4 is 38.6 Å². The maximum absolute atomic E-state index is 13.6. The molecule has 0 saturated carbocycles. The smallest absolute Gasteiger partial charge is 0.273 e. The number of benzene rings is 1. The zero-order chi connectivity index (χ0) is 27.0. The summed E-state index contributed by atoms with van der Waals surface area (Å²) < 4.78 is 13.3. The maximum atomic E-state index is 13.6. The molecule has 4 heterocycles. The predicted molar refractivity (Wildman–Crippen MR) is 146 cm³/mol. The Morgan fingerprint density at radius 2 is 1.79 bits per heavy atom. The van der Waals surface area contributed by atoms with E-state index in [2.05, 4.69) is 37.6 Å². The summed E-state index contributed by atoms with van der Waals surface area (Å²) in [5.41, 5.74) is 0.940. The van der Waals surface area contributed by atoms with Crippen LogP contribution in [0.4, 0.5) is 5.13 Å². The van der Waals surface area contributed by atoms with E-state index in [1.807, 2.05) is 20.8 Å². The van der Waals surface area contributed by atoms with Gasteiger partial charge in [-0.1, -0.05) is 11.3 Å². The van der Waals surface area contributed by atoms with Gasteiger partial charge in [0.2, 0.25) is 0 Å². The number of ether oxygens (including phenoxy) is 2. The molecular weight excluding hydrogens is 506 g/mol. The monoisotopic (exact) mass is 541 g/mol. The standard InChI is InChI=1S/C26H35N7O4S/c1-26(2,3)33-22-21(38-25(28-22)29-23(34)16-6-8-17(36-5)9-7-16)20(30-33)24(35)27-18-14-37-15-19(18)32-12-10-31(4)11-13-32/h6-9,18-19H,10-15H2,1-5H3,(H,27,35)(H,28,29,34)/t18-,19-/m1/s1. The van der Waals surface area contributed by atoms with Gasteiger partial charge < -0.3 is 19.7 Å². The van der Waals surface area contributed by atoms with Gasteiger partial charge in [0.25, 0.3) is 11.8 Å². The molecule has 0 unspecified atom stereocenters. The molecule has 0 radical (unpaired) electrons. The van der Waals surface area contributed by atoms with E-state index in [-0.39, 0.29) is 23.9 Å². The molecule has 0 spiro atoms. The van der Waals surface area contributed by atoms with E-state index in [0.717, 1.165) is 26.2 Å². The molecule has 2 N–H and O–H groups in total. The lowest BCUT2D eigenvalue weighted by molar-refractivity contribution is 0.0826. The summed E-state index contributed by atoms with van der Waals surface area (Å²) in [5.74, 6) is 0.123. The highest BCUT2D eigenvalue weighted by Crippen LogP contribution is 2.33. The van der Waals surface area contributed by atoms with Crippen molar-refractivity contribution in [3.63, 3.8) is 0 Å². The predicted octanol–water partition coefficient (Wildman–Crippen LogP) is 2.25. The van der Waals surface area contributed by atoms with E-state index in [1.165, 1.54) is 11.3 Å². The molecule has 1 aromatic carbocycles. The van der Waals surface area contributed by atoms with Crippen molar-refractivity contribution in [2.75, 3.05) is 58.9 Å². The zero-order valence-electron chi connectivity index (χ0n) is 22.5. The summed E-state index contributed by atoms with van der Waals surface area (Å²) in [6, 6.07) is 6.86. The lowest BCUT2D eigenvalue weighted by atomic mass is 10.1. The van der Waals surface area contributed by atoms with Crippen molar-refractivity contribution in [1.82, 2.24) is 29.9 Å². The first-order valence-corrected chi connectivity index (χ1v) is 13.6. The first-order valence-electron chi connectivity index (χ1n) is 12.8. The number of anilines is 1. The number of rotatable bonds is 6. The summed E-state index contributed by atoms with van der Waals surface area (Å²) >= 11 is 1.25. The Labute approximate surface area is 226 Å². The highest BCUT2D eigenvalue weighted by atomic mass is 32.1. The van der Waals surface area contributed by atoms with Gasteiger partial charge >= 0.3 is 0 Å². The molecule has 11 nitrogen and oxygen atoms in total. The third-order valence-corrected chi connectivity index (χ3v) is 7.99. The number of nitrogens with zero attached hydrogens (tertiary/aromatic N) is 5. The number of nitrogens with one attached hydrogen (secondary N) is 2. The van der Waals surface area contributed by atoms with Crippen molar-refractivity contribution in [3.05, 3.63) is 35.5 Å². The fraction of sp³-hybridized carbons (Fsp3) is 0.538. The van der Waals surface area contributed by atoms with Gasteiger partial charge in [-0.3, -0.25) is 19.8 Å². The second kappa shape index (κ2) is 10.6. The van der Waals surface area contributed by atoms with Gasteiger partial charge in [-0.2, -0.15) is 10.1 Å². The van der Waals surface area contributed by atoms with Gasteiger partial charge in [0, 0.05) is 31.7 Å². The van der Waals surface area contributed by atoms with Crippen LogP contribution in [0.25, 0.3) is 10.3 Å². The first-order chi connectivity index (χ1) is 18.1. The third-order valence-electron chi connectivity index (χ3n) is 7.02. The second-order valence-corrected chi connectivity index (χ2v) is 11.8. The number of hydrogen-bond donors (Lipinski definition) is 2. The van der Waals surface area contributed by atoms with E-state index in [4.69, 9.17) is 9.47 Å². The van der Waals surface area contributed by atoms with Crippen LogP contribution < -0.4 is 15.4 Å². The Hall–Kier alpha value is -3.06. The van der Waals surface area contributed by atoms with Crippen LogP contribution in [-0.2, 0) is 10.3 Å². The summed E-state index contributed by atoms with van der Waals surface area (Å²) in [6.45, 7) is 11.0. The van der Waals surface area contributed by atoms with Gasteiger partial charge in [-0.15, -0.1) is 0 Å². The fourth-order valence-corrected chi connectivity index (χ4v) is 5.74. The average molecular weight is 542 g/mol. The number of hydrogen-bond acceptors (Lipinski definition) is 9. The number of fused-ring (bicyclic) bond motifs is 1. The molecule has 2 aromatic heterocycles. The topological polar surface area (TPSA) is 114 Å². The van der Waals surface area contributed by atoms with Crippen LogP contribution in [0, 0.1) is 0 Å². The van der Waals surface area contributed by atoms with E-state index in [9.17, 15) is 9.59 Å². The normalized spacial score (nSPS) is 21.1. The van der Waals surface area contributed by atoms with E-state index >= 15 is 0 Å². The Kier molecular flexibility index (Phi) is 7.40. The third kappa shape index (κ3) is 5.39. The number of thiazole rings is 1. The summed E-state index contributed by atoms with van der Waals surface area (Å²) in [5, 5.41) is 11.1. The summed E-state index contributed by atoms with van der Waals surface area (Å²) in [7, 11) is 3.70. The second-order valence-electron chi connectivity index (χ2n) is 10.8. The molecule has 204 valence electrons. The molecule has 3 aromatic rings. The number of carbonyl (C=O) groups excluding carboxylic acids is 2. The quantitative estimate of drug-likeness (QED) is 0.489. The van der Waals surface area contributed by atoms with Crippen LogP contribution in [0.1, 0.15) is 41.6 Å². The molecule has 38 heavy (non-hydrogen) atoms. The van der Waals surface area contributed by atoms with E-state index in [0.29, 0.717) is 45.7 Å². The molecular formula is C26H35N7O4S. The van der Waals surface area contributed by atoms with Crippen LogP contribution in [-0.4, -0.2) is 102 Å². The number of likely N-dealkylation sites (N-methyl/N-ethyl adjacent to an activating group) is 1. The van der Waals surface area contributed by atoms with Crippen LogP contribution >= 0.6 is 11.3 Å². The van der Waals surface area contributed by atoms with Crippen LogP contribution in [0.5, 0.6) is 5.75 Å². The lowest BCUT2D eigenvalue weighted by Crippen LogP contribution is -2.56. The van der Waals surface area contributed by atoms with Gasteiger partial charge in [0.05, 0.1) is 37.9 Å². The minimum atomic E-state index is -0.416. The lowest BCUT2D eigenvalue weighted by Gasteiger charge is -2.38. The zero-order valence-corrected chi connectivity index (χ0v) is 23.3. The molecule has 2 atom stereocenters. The maximum Gasteiger partial charge on any atom is 0.273 e. The van der Waals surface area contributed by atoms with Crippen LogP contribution in [0.15, 0.2) is 24.3 Å². The molecule has 0 aliphatic carbocycles. The number of carbonyl (C=O) groups is 2. The van der Waals surface area contributed by atoms with Crippen molar-refractivity contribution in [2.45, 2.75) is 38.4 Å². The van der Waals surface area contributed by atoms with Gasteiger partial charge in [0.15, 0.2) is 16.5 Å². The number of methoxy groups -OCH3 is 1. The molecule has 2 amide bonds. The fourth-order valence-electron chi connectivity index (χ4n) is 4.82. The van der Waals surface area contributed by atoms with Crippen molar-refractivity contribution in [3.8, 4) is 5.75 Å². The minimum Gasteiger partial charge on any atom is -0.497 e. The average Bonchev–Trinajstić information content (AvgIpc) is 3.59. The highest BCUT2D eigenvalue weighted by molar-refractivity contribution is 7.22. The first kappa shape index (κ1) is 26.5. The van der Waals surface area contributed by atoms with Crippen LogP contribution in [0.3, 0.4) is 0 Å². The number of piperazine rings is 1. The molecule has 2 saturated heterocycles. The summed E-state index contributed by atoms with van der Waals surface area (Å²) in [4.78, 5) is 35.8. The molecule has 5 rings (SSSR count). The Bertz CT molecular complexity index is 1310. The Morgan fingerprint density at radius 1 is 1.08 bits per heavy atom. The van der Waals surface area contributed by atoms with Gasteiger partial charge in [0.1, 0.15) is 10.4 Å². The molecule has 2 fully saturated rings. The number of aromatic nitrogens is 3. The molecule has 0 bridgehead atoms. The van der Waals surface area contributed by atoms with Crippen molar-refractivity contribution in [2.24, 2.45) is 0 Å². The largest absolute Gasteiger partial charge is 0.497 e. The minimum absolute atomic E-state index is 0.122. The Balaban J connectivity index is 1.37. The van der Waals surface area contributed by atoms with Crippen LogP contribution in [0.2, 0.25) is 0 Å². The molecule has 12 heteroatoms. The van der Waals surface area contributed by atoms with Crippen molar-refractivity contribution in [1.29, 1.82) is 0 Å². The van der Waals surface area contributed by atoms with Gasteiger partial charge in [-0.05, 0) is 52.1 Å². The van der Waals surface area contributed by atoms with E-state index in [1.54, 1.807) is 36.1 Å². The Morgan fingerprint density at radius 3 is 2.45 bits per heavy atom. The molecule has 2 aliphatic rings. The SMILES string of the molecule is COc1ccc(C(=O)Nc2nc3c(s2)c(C(=O)N[C@@H]2COC[C@H]2N2CCN(C)CC2)nn3C(C)(C)C)cc1. The van der Waals surface area contributed by atoms with Gasteiger partial charge in [-0.25, -0.2) is 4.68 Å².